The number of hydrogen-bond donors (Lipinski definition) is 1. The zero-order valence-corrected chi connectivity index (χ0v) is 14.6. The van der Waals surface area contributed by atoms with E-state index < -0.39 is 0 Å². The predicted octanol–water partition coefficient (Wildman–Crippen LogP) is 3.22. The van der Waals surface area contributed by atoms with E-state index in [1.165, 1.54) is 12.1 Å². The van der Waals surface area contributed by atoms with Gasteiger partial charge >= 0.3 is 0 Å². The maximum atomic E-state index is 13.3. The summed E-state index contributed by atoms with van der Waals surface area (Å²) in [5, 5.41) is 7.11. The van der Waals surface area contributed by atoms with E-state index in [1.807, 2.05) is 19.1 Å². The van der Waals surface area contributed by atoms with Crippen LogP contribution in [-0.2, 0) is 0 Å². The highest BCUT2D eigenvalue weighted by molar-refractivity contribution is 5.91. The van der Waals surface area contributed by atoms with E-state index in [0.717, 1.165) is 6.42 Å². The highest BCUT2D eigenvalue weighted by Crippen LogP contribution is 2.23. The lowest BCUT2D eigenvalue weighted by molar-refractivity contribution is 0.0943. The third-order valence-corrected chi connectivity index (χ3v) is 3.77. The highest BCUT2D eigenvalue weighted by Gasteiger charge is 2.18. The van der Waals surface area contributed by atoms with Crippen molar-refractivity contribution in [3.8, 4) is 22.8 Å². The molecule has 0 saturated heterocycles. The quantitative estimate of drug-likeness (QED) is 0.738. The van der Waals surface area contributed by atoms with Crippen LogP contribution in [0.3, 0.4) is 0 Å². The Balaban J connectivity index is 2.05. The molecular formula is C19H19FN4O2. The van der Waals surface area contributed by atoms with Crippen LogP contribution in [0.2, 0.25) is 0 Å². The Kier molecular flexibility index (Phi) is 5.26. The van der Waals surface area contributed by atoms with Gasteiger partial charge in [-0.25, -0.2) is 14.1 Å². The summed E-state index contributed by atoms with van der Waals surface area (Å²) in [6.07, 6.45) is 0.815. The second-order valence-corrected chi connectivity index (χ2v) is 5.63. The molecule has 1 heterocycles. The first-order valence-electron chi connectivity index (χ1n) is 8.28. The number of rotatable bonds is 6. The van der Waals surface area contributed by atoms with Crippen molar-refractivity contribution in [2.75, 3.05) is 13.7 Å². The van der Waals surface area contributed by atoms with Gasteiger partial charge in [0.05, 0.1) is 12.8 Å². The largest absolute Gasteiger partial charge is 0.497 e. The molecule has 3 rings (SSSR count). The minimum atomic E-state index is -0.345. The normalized spacial score (nSPS) is 10.6. The Morgan fingerprint density at radius 3 is 2.46 bits per heavy atom. The lowest BCUT2D eigenvalue weighted by atomic mass is 10.2. The van der Waals surface area contributed by atoms with Gasteiger partial charge < -0.3 is 10.1 Å². The summed E-state index contributed by atoms with van der Waals surface area (Å²) in [5.74, 6) is 0.538. The molecule has 0 radical (unpaired) electrons. The Morgan fingerprint density at radius 2 is 1.85 bits per heavy atom. The van der Waals surface area contributed by atoms with Crippen LogP contribution in [0.15, 0.2) is 48.5 Å². The summed E-state index contributed by atoms with van der Waals surface area (Å²) in [7, 11) is 1.59. The van der Waals surface area contributed by atoms with E-state index in [0.29, 0.717) is 29.4 Å². The average molecular weight is 354 g/mol. The van der Waals surface area contributed by atoms with Crippen LogP contribution in [0.25, 0.3) is 17.1 Å². The van der Waals surface area contributed by atoms with Crippen molar-refractivity contribution < 1.29 is 13.9 Å². The topological polar surface area (TPSA) is 69.0 Å². The fourth-order valence-electron chi connectivity index (χ4n) is 2.42. The van der Waals surface area contributed by atoms with Crippen molar-refractivity contribution in [3.05, 3.63) is 60.2 Å². The maximum absolute atomic E-state index is 13.3. The van der Waals surface area contributed by atoms with Gasteiger partial charge in [-0.2, -0.15) is 0 Å². The van der Waals surface area contributed by atoms with Crippen molar-refractivity contribution in [2.45, 2.75) is 13.3 Å². The molecule has 0 unspecified atom stereocenters. The molecule has 0 atom stereocenters. The number of ether oxygens (including phenoxy) is 1. The molecular weight excluding hydrogens is 335 g/mol. The molecule has 0 aliphatic heterocycles. The molecule has 6 nitrogen and oxygen atoms in total. The van der Waals surface area contributed by atoms with Gasteiger partial charge in [0.15, 0.2) is 5.82 Å². The van der Waals surface area contributed by atoms with E-state index >= 15 is 0 Å². The molecule has 2 aromatic carbocycles. The van der Waals surface area contributed by atoms with Crippen molar-refractivity contribution in [1.82, 2.24) is 20.1 Å². The van der Waals surface area contributed by atoms with E-state index in [-0.39, 0.29) is 17.5 Å². The van der Waals surface area contributed by atoms with Crippen LogP contribution in [0.1, 0.15) is 24.0 Å². The van der Waals surface area contributed by atoms with E-state index in [1.54, 1.807) is 36.1 Å². The SMILES string of the molecule is CCCNC(=O)c1nc(-c2ccc(F)cc2)n(-c2ccc(OC)cc2)n1. The van der Waals surface area contributed by atoms with E-state index in [2.05, 4.69) is 15.4 Å². The lowest BCUT2D eigenvalue weighted by Crippen LogP contribution is -2.25. The van der Waals surface area contributed by atoms with E-state index in [4.69, 9.17) is 4.74 Å². The second-order valence-electron chi connectivity index (χ2n) is 5.63. The first-order chi connectivity index (χ1) is 12.6. The Hall–Kier alpha value is -3.22. The fourth-order valence-corrected chi connectivity index (χ4v) is 2.42. The number of carbonyl (C=O) groups is 1. The summed E-state index contributed by atoms with van der Waals surface area (Å²) in [4.78, 5) is 16.6. The van der Waals surface area contributed by atoms with E-state index in [9.17, 15) is 9.18 Å². The lowest BCUT2D eigenvalue weighted by Gasteiger charge is -2.07. The number of amides is 1. The highest BCUT2D eigenvalue weighted by atomic mass is 19.1. The third kappa shape index (κ3) is 3.72. The van der Waals surface area contributed by atoms with Crippen LogP contribution >= 0.6 is 0 Å². The first-order valence-corrected chi connectivity index (χ1v) is 8.28. The van der Waals surface area contributed by atoms with Gasteiger partial charge in [-0.3, -0.25) is 4.79 Å². The number of hydrogen-bond acceptors (Lipinski definition) is 4. The number of aromatic nitrogens is 3. The number of nitrogens with zero attached hydrogens (tertiary/aromatic N) is 3. The van der Waals surface area contributed by atoms with Crippen molar-refractivity contribution in [1.29, 1.82) is 0 Å². The second kappa shape index (κ2) is 7.77. The molecule has 0 aliphatic carbocycles. The van der Waals surface area contributed by atoms with Crippen molar-refractivity contribution in [3.63, 3.8) is 0 Å². The molecule has 1 N–H and O–H groups in total. The van der Waals surface area contributed by atoms with Crippen LogP contribution < -0.4 is 10.1 Å². The van der Waals surface area contributed by atoms with Gasteiger partial charge in [0.2, 0.25) is 5.82 Å². The molecule has 1 amide bonds. The molecule has 1 aromatic heterocycles. The monoisotopic (exact) mass is 354 g/mol. The molecule has 0 bridgehead atoms. The summed E-state index contributed by atoms with van der Waals surface area (Å²) in [6, 6.07) is 13.1. The van der Waals surface area contributed by atoms with Crippen LogP contribution in [0.4, 0.5) is 4.39 Å². The minimum absolute atomic E-state index is 0.0635. The van der Waals surface area contributed by atoms with Gasteiger partial charge in [-0.15, -0.1) is 5.10 Å². The number of carbonyl (C=O) groups excluding carboxylic acids is 1. The Morgan fingerprint density at radius 1 is 1.15 bits per heavy atom. The molecule has 7 heteroatoms. The molecule has 134 valence electrons. The Bertz CT molecular complexity index is 889. The smallest absolute Gasteiger partial charge is 0.290 e. The molecule has 0 aliphatic rings. The van der Waals surface area contributed by atoms with Crippen molar-refractivity contribution >= 4 is 5.91 Å². The van der Waals surface area contributed by atoms with Gasteiger partial charge in [0, 0.05) is 12.1 Å². The number of halogens is 1. The molecule has 26 heavy (non-hydrogen) atoms. The maximum Gasteiger partial charge on any atom is 0.290 e. The van der Waals surface area contributed by atoms with Crippen molar-refractivity contribution in [2.24, 2.45) is 0 Å². The number of benzene rings is 2. The summed E-state index contributed by atoms with van der Waals surface area (Å²) < 4.78 is 20.0. The number of methoxy groups -OCH3 is 1. The van der Waals surface area contributed by atoms with Gasteiger partial charge in [0.1, 0.15) is 11.6 Å². The van der Waals surface area contributed by atoms with Crippen LogP contribution in [0.5, 0.6) is 5.75 Å². The number of nitrogens with one attached hydrogen (secondary N) is 1. The minimum Gasteiger partial charge on any atom is -0.497 e. The van der Waals surface area contributed by atoms with Crippen LogP contribution in [-0.4, -0.2) is 34.3 Å². The first kappa shape index (κ1) is 17.6. The van der Waals surface area contributed by atoms with Crippen LogP contribution in [0, 0.1) is 5.82 Å². The Labute approximate surface area is 150 Å². The fraction of sp³-hybridized carbons (Fsp3) is 0.211. The molecule has 3 aromatic rings. The third-order valence-electron chi connectivity index (χ3n) is 3.77. The molecule has 0 fully saturated rings. The predicted molar refractivity (Wildman–Crippen MR) is 95.9 cm³/mol. The molecule has 0 saturated carbocycles. The standard InChI is InChI=1S/C19H19FN4O2/c1-3-12-21-19(25)17-22-18(13-4-6-14(20)7-5-13)24(23-17)15-8-10-16(26-2)11-9-15/h4-11H,3,12H2,1-2H3,(H,21,25). The summed E-state index contributed by atoms with van der Waals surface area (Å²) >= 11 is 0. The summed E-state index contributed by atoms with van der Waals surface area (Å²) in [5.41, 5.74) is 1.37. The zero-order valence-electron chi connectivity index (χ0n) is 14.6. The van der Waals surface area contributed by atoms with Gasteiger partial charge in [-0.1, -0.05) is 6.92 Å². The molecule has 0 spiro atoms. The summed E-state index contributed by atoms with van der Waals surface area (Å²) in [6.45, 7) is 2.51. The van der Waals surface area contributed by atoms with Gasteiger partial charge in [-0.05, 0) is 55.0 Å². The average Bonchev–Trinajstić information content (AvgIpc) is 3.12. The zero-order chi connectivity index (χ0) is 18.5. The van der Waals surface area contributed by atoms with Gasteiger partial charge in [0.25, 0.3) is 5.91 Å².